The van der Waals surface area contributed by atoms with Gasteiger partial charge in [-0.05, 0) is 31.5 Å². The number of urea groups is 1. The number of hydrogen-bond donors (Lipinski definition) is 2. The third-order valence-electron chi connectivity index (χ3n) is 4.51. The van der Waals surface area contributed by atoms with E-state index in [-0.39, 0.29) is 17.9 Å². The second-order valence-electron chi connectivity index (χ2n) is 6.17. The minimum atomic E-state index is -0.0698. The molecule has 0 aliphatic carbocycles. The van der Waals surface area contributed by atoms with Crippen molar-refractivity contribution in [2.24, 2.45) is 0 Å². The van der Waals surface area contributed by atoms with Crippen LogP contribution in [0.4, 0.5) is 10.5 Å². The molecule has 2 N–H and O–H groups in total. The molecule has 3 rings (SSSR count). The molecule has 2 aliphatic rings. The Hall–Kier alpha value is -1.92. The zero-order valence-electron chi connectivity index (χ0n) is 13.3. The number of Topliss-reactive ketones (excluding diaryl/α,β-unsaturated/α-hetero) is 1. The maximum Gasteiger partial charge on any atom is 0.321 e. The van der Waals surface area contributed by atoms with Crippen molar-refractivity contribution >= 4 is 17.5 Å². The summed E-state index contributed by atoms with van der Waals surface area (Å²) in [6.07, 6.45) is 2.04. The molecule has 2 fully saturated rings. The molecule has 1 aromatic carbocycles. The summed E-state index contributed by atoms with van der Waals surface area (Å²) in [6.45, 7) is 4.26. The van der Waals surface area contributed by atoms with Crippen LogP contribution < -0.4 is 10.6 Å². The number of carbonyl (C=O) groups is 2. The van der Waals surface area contributed by atoms with Gasteiger partial charge in [0.2, 0.25) is 0 Å². The molecule has 0 bridgehead atoms. The molecule has 2 amide bonds. The summed E-state index contributed by atoms with van der Waals surface area (Å²) >= 11 is 0. The number of benzene rings is 1. The number of para-hydroxylation sites is 1. The summed E-state index contributed by atoms with van der Waals surface area (Å²) in [5, 5.41) is 6.15. The molecule has 2 saturated heterocycles. The minimum absolute atomic E-state index is 0.0365. The van der Waals surface area contributed by atoms with Gasteiger partial charge in [-0.2, -0.15) is 0 Å². The minimum Gasteiger partial charge on any atom is -0.322 e. The smallest absolute Gasteiger partial charge is 0.321 e. The third kappa shape index (κ3) is 4.30. The molecule has 0 aromatic heterocycles. The monoisotopic (exact) mass is 316 g/mol. The van der Waals surface area contributed by atoms with Crippen molar-refractivity contribution in [1.29, 1.82) is 0 Å². The van der Waals surface area contributed by atoms with Crippen LogP contribution in [0.3, 0.4) is 0 Å². The summed E-state index contributed by atoms with van der Waals surface area (Å²) in [7, 11) is 0. The molecule has 2 heterocycles. The lowest BCUT2D eigenvalue weighted by atomic mass is 10.1. The standard InChI is InChI=1S/C17H24N4O2/c22-16(15-7-4-8-18-15)13-20-9-11-21(12-10-20)17(23)19-14-5-2-1-3-6-14/h1-3,5-6,15,18H,4,7-13H2,(H,19,23)/t15-/m1/s1. The SMILES string of the molecule is O=C(CN1CCN(C(=O)Nc2ccccc2)CC1)[C@H]1CCCN1. The molecule has 1 atom stereocenters. The van der Waals surface area contributed by atoms with Crippen LogP contribution in [0, 0.1) is 0 Å². The highest BCUT2D eigenvalue weighted by molar-refractivity contribution is 5.89. The molecule has 0 spiro atoms. The fourth-order valence-electron chi connectivity index (χ4n) is 3.12. The van der Waals surface area contributed by atoms with Crippen molar-refractivity contribution in [2.45, 2.75) is 18.9 Å². The van der Waals surface area contributed by atoms with Gasteiger partial charge in [-0.1, -0.05) is 18.2 Å². The van der Waals surface area contributed by atoms with Gasteiger partial charge in [0.15, 0.2) is 5.78 Å². The van der Waals surface area contributed by atoms with E-state index in [2.05, 4.69) is 15.5 Å². The Morgan fingerprint density at radius 3 is 2.52 bits per heavy atom. The maximum absolute atomic E-state index is 12.2. The second-order valence-corrected chi connectivity index (χ2v) is 6.17. The van der Waals surface area contributed by atoms with Gasteiger partial charge in [-0.3, -0.25) is 9.69 Å². The second kappa shape index (κ2) is 7.57. The average Bonchev–Trinajstić information content (AvgIpc) is 3.11. The Kier molecular flexibility index (Phi) is 5.25. The van der Waals surface area contributed by atoms with E-state index in [1.54, 1.807) is 0 Å². The Morgan fingerprint density at radius 2 is 1.87 bits per heavy atom. The van der Waals surface area contributed by atoms with E-state index in [0.717, 1.165) is 38.2 Å². The van der Waals surface area contributed by atoms with Crippen LogP contribution in [-0.2, 0) is 4.79 Å². The average molecular weight is 316 g/mol. The van der Waals surface area contributed by atoms with Gasteiger partial charge in [0.05, 0.1) is 12.6 Å². The molecule has 6 nitrogen and oxygen atoms in total. The van der Waals surface area contributed by atoms with Crippen LogP contribution in [0.5, 0.6) is 0 Å². The summed E-state index contributed by atoms with van der Waals surface area (Å²) in [6, 6.07) is 9.44. The first-order chi connectivity index (χ1) is 11.2. The van der Waals surface area contributed by atoms with Gasteiger partial charge in [0.1, 0.15) is 0 Å². The van der Waals surface area contributed by atoms with E-state index in [0.29, 0.717) is 19.6 Å². The number of nitrogens with zero attached hydrogens (tertiary/aromatic N) is 2. The largest absolute Gasteiger partial charge is 0.322 e. The van der Waals surface area contributed by atoms with Crippen molar-refractivity contribution in [3.8, 4) is 0 Å². The molecule has 0 radical (unpaired) electrons. The highest BCUT2D eigenvalue weighted by atomic mass is 16.2. The van der Waals surface area contributed by atoms with Crippen LogP contribution >= 0.6 is 0 Å². The topological polar surface area (TPSA) is 64.7 Å². The van der Waals surface area contributed by atoms with E-state index in [9.17, 15) is 9.59 Å². The molecule has 2 aliphatic heterocycles. The third-order valence-corrected chi connectivity index (χ3v) is 4.51. The van der Waals surface area contributed by atoms with Gasteiger partial charge >= 0.3 is 6.03 Å². The normalized spacial score (nSPS) is 22.1. The van der Waals surface area contributed by atoms with Gasteiger partial charge in [0, 0.05) is 31.9 Å². The van der Waals surface area contributed by atoms with Crippen molar-refractivity contribution in [3.05, 3.63) is 30.3 Å². The number of hydrogen-bond acceptors (Lipinski definition) is 4. The number of nitrogens with one attached hydrogen (secondary N) is 2. The highest BCUT2D eigenvalue weighted by Crippen LogP contribution is 2.10. The molecule has 1 aromatic rings. The zero-order chi connectivity index (χ0) is 16.1. The molecular weight excluding hydrogens is 292 g/mol. The Bertz CT molecular complexity index is 535. The van der Waals surface area contributed by atoms with Crippen LogP contribution in [0.15, 0.2) is 30.3 Å². The van der Waals surface area contributed by atoms with Crippen molar-refractivity contribution in [3.63, 3.8) is 0 Å². The number of piperazine rings is 1. The van der Waals surface area contributed by atoms with Crippen LogP contribution in [0.2, 0.25) is 0 Å². The molecule has 6 heteroatoms. The Balaban J connectivity index is 1.42. The number of anilines is 1. The first-order valence-corrected chi connectivity index (χ1v) is 8.32. The fourth-order valence-corrected chi connectivity index (χ4v) is 3.12. The van der Waals surface area contributed by atoms with Gasteiger partial charge < -0.3 is 15.5 Å². The summed E-state index contributed by atoms with van der Waals surface area (Å²) < 4.78 is 0. The highest BCUT2D eigenvalue weighted by Gasteiger charge is 2.26. The zero-order valence-corrected chi connectivity index (χ0v) is 13.3. The Morgan fingerprint density at radius 1 is 1.13 bits per heavy atom. The van der Waals surface area contributed by atoms with E-state index in [1.165, 1.54) is 0 Å². The van der Waals surface area contributed by atoms with Gasteiger partial charge in [0.25, 0.3) is 0 Å². The predicted molar refractivity (Wildman–Crippen MR) is 89.5 cm³/mol. The van der Waals surface area contributed by atoms with E-state index in [1.807, 2.05) is 35.2 Å². The quantitative estimate of drug-likeness (QED) is 0.875. The first kappa shape index (κ1) is 16.0. The number of amides is 2. The number of ketones is 1. The molecular formula is C17H24N4O2. The van der Waals surface area contributed by atoms with Crippen molar-refractivity contribution < 1.29 is 9.59 Å². The van der Waals surface area contributed by atoms with Gasteiger partial charge in [-0.15, -0.1) is 0 Å². The lowest BCUT2D eigenvalue weighted by Crippen LogP contribution is -2.52. The summed E-state index contributed by atoms with van der Waals surface area (Å²) in [5.41, 5.74) is 0.808. The van der Waals surface area contributed by atoms with Gasteiger partial charge in [-0.25, -0.2) is 4.79 Å². The Labute approximate surface area is 136 Å². The molecule has 124 valence electrons. The number of carbonyl (C=O) groups excluding carboxylic acids is 2. The van der Waals surface area contributed by atoms with Crippen molar-refractivity contribution in [1.82, 2.24) is 15.1 Å². The lowest BCUT2D eigenvalue weighted by molar-refractivity contribution is -0.122. The van der Waals surface area contributed by atoms with Crippen molar-refractivity contribution in [2.75, 3.05) is 44.6 Å². The fraction of sp³-hybridized carbons (Fsp3) is 0.529. The molecule has 23 heavy (non-hydrogen) atoms. The van der Waals surface area contributed by atoms with Crippen LogP contribution in [0.1, 0.15) is 12.8 Å². The predicted octanol–water partition coefficient (Wildman–Crippen LogP) is 1.16. The maximum atomic E-state index is 12.2. The van der Waals surface area contributed by atoms with E-state index >= 15 is 0 Å². The molecule has 0 saturated carbocycles. The van der Waals surface area contributed by atoms with E-state index < -0.39 is 0 Å². The van der Waals surface area contributed by atoms with E-state index in [4.69, 9.17) is 0 Å². The van der Waals surface area contributed by atoms with Crippen LogP contribution in [-0.4, -0.2) is 66.9 Å². The first-order valence-electron chi connectivity index (χ1n) is 8.32. The van der Waals surface area contributed by atoms with Crippen LogP contribution in [0.25, 0.3) is 0 Å². The number of rotatable bonds is 4. The lowest BCUT2D eigenvalue weighted by Gasteiger charge is -2.34. The molecule has 0 unspecified atom stereocenters. The summed E-state index contributed by atoms with van der Waals surface area (Å²) in [4.78, 5) is 28.4. The summed E-state index contributed by atoms with van der Waals surface area (Å²) in [5.74, 6) is 0.282.